The second kappa shape index (κ2) is 4.06. The molecule has 0 aliphatic carbocycles. The molecule has 3 nitrogen and oxygen atoms in total. The number of benzene rings is 1. The molecular weight excluding hydrogens is 220 g/mol. The maximum atomic E-state index is 11.9. The number of likely N-dealkylation sites (N-methyl/N-ethyl adjacent to an activating group) is 2. The summed E-state index contributed by atoms with van der Waals surface area (Å²) < 4.78 is 0. The van der Waals surface area contributed by atoms with Crippen LogP contribution in [0.4, 0.5) is 0 Å². The summed E-state index contributed by atoms with van der Waals surface area (Å²) in [5.41, 5.74) is 1.61. The van der Waals surface area contributed by atoms with Gasteiger partial charge in [-0.25, -0.2) is 0 Å². The van der Waals surface area contributed by atoms with E-state index in [0.29, 0.717) is 10.8 Å². The fourth-order valence-corrected chi connectivity index (χ4v) is 1.78. The van der Waals surface area contributed by atoms with Crippen molar-refractivity contribution in [2.75, 3.05) is 14.1 Å². The van der Waals surface area contributed by atoms with Crippen LogP contribution in [-0.2, 0) is 4.79 Å². The third-order valence-corrected chi connectivity index (χ3v) is 3.11. The Morgan fingerprint density at radius 3 is 2.25 bits per heavy atom. The molecule has 1 fully saturated rings. The second-order valence-electron chi connectivity index (χ2n) is 3.65. The standard InChI is InChI=1S/C12H12N2OS/c1-13-10(11(15)14(2)12(13)16)8-9-6-4-3-5-7-9/h3-8H,1-2H3/b10-8+. The summed E-state index contributed by atoms with van der Waals surface area (Å²) >= 11 is 5.12. The number of rotatable bonds is 1. The summed E-state index contributed by atoms with van der Waals surface area (Å²) in [6, 6.07) is 9.73. The van der Waals surface area contributed by atoms with E-state index in [-0.39, 0.29) is 5.91 Å². The van der Waals surface area contributed by atoms with E-state index in [1.165, 1.54) is 4.90 Å². The van der Waals surface area contributed by atoms with Gasteiger partial charge >= 0.3 is 0 Å². The number of hydrogen-bond acceptors (Lipinski definition) is 2. The molecule has 0 spiro atoms. The van der Waals surface area contributed by atoms with E-state index in [1.807, 2.05) is 36.4 Å². The van der Waals surface area contributed by atoms with E-state index in [4.69, 9.17) is 12.2 Å². The van der Waals surface area contributed by atoms with Gasteiger partial charge in [-0.05, 0) is 23.9 Å². The minimum atomic E-state index is -0.0589. The van der Waals surface area contributed by atoms with Gasteiger partial charge in [0.15, 0.2) is 5.11 Å². The molecule has 4 heteroatoms. The van der Waals surface area contributed by atoms with Crippen molar-refractivity contribution in [1.29, 1.82) is 0 Å². The van der Waals surface area contributed by atoms with Crippen LogP contribution in [0, 0.1) is 0 Å². The van der Waals surface area contributed by atoms with E-state index in [9.17, 15) is 4.79 Å². The molecule has 1 aliphatic heterocycles. The minimum absolute atomic E-state index is 0.0589. The lowest BCUT2D eigenvalue weighted by Gasteiger charge is -2.10. The molecule has 0 aromatic heterocycles. The Labute approximate surface area is 100.0 Å². The van der Waals surface area contributed by atoms with Crippen molar-refractivity contribution in [3.05, 3.63) is 41.6 Å². The molecule has 1 aromatic carbocycles. The van der Waals surface area contributed by atoms with Crippen molar-refractivity contribution >= 4 is 29.3 Å². The number of nitrogens with zero attached hydrogens (tertiary/aromatic N) is 2. The van der Waals surface area contributed by atoms with Gasteiger partial charge in [-0.15, -0.1) is 0 Å². The molecule has 0 N–H and O–H groups in total. The molecule has 0 saturated carbocycles. The highest BCUT2D eigenvalue weighted by Crippen LogP contribution is 2.20. The van der Waals surface area contributed by atoms with Crippen LogP contribution in [-0.4, -0.2) is 34.9 Å². The van der Waals surface area contributed by atoms with Gasteiger partial charge in [0, 0.05) is 14.1 Å². The quantitative estimate of drug-likeness (QED) is 0.544. The molecule has 0 unspecified atom stereocenters. The Balaban J connectivity index is 2.39. The zero-order valence-electron chi connectivity index (χ0n) is 9.18. The van der Waals surface area contributed by atoms with Crippen LogP contribution in [0.5, 0.6) is 0 Å². The maximum absolute atomic E-state index is 11.9. The predicted molar refractivity (Wildman–Crippen MR) is 67.6 cm³/mol. The van der Waals surface area contributed by atoms with Crippen molar-refractivity contribution in [3.63, 3.8) is 0 Å². The lowest BCUT2D eigenvalue weighted by atomic mass is 10.2. The van der Waals surface area contributed by atoms with E-state index < -0.39 is 0 Å². The van der Waals surface area contributed by atoms with Crippen LogP contribution in [0.25, 0.3) is 6.08 Å². The number of carbonyl (C=O) groups is 1. The van der Waals surface area contributed by atoms with Gasteiger partial charge in [0.2, 0.25) is 0 Å². The van der Waals surface area contributed by atoms with Crippen LogP contribution < -0.4 is 0 Å². The van der Waals surface area contributed by atoms with Crippen molar-refractivity contribution < 1.29 is 4.79 Å². The van der Waals surface area contributed by atoms with E-state index >= 15 is 0 Å². The smallest absolute Gasteiger partial charge is 0.276 e. The first-order valence-electron chi connectivity index (χ1n) is 4.94. The van der Waals surface area contributed by atoms with Crippen LogP contribution in [0.15, 0.2) is 36.0 Å². The van der Waals surface area contributed by atoms with Crippen LogP contribution in [0.1, 0.15) is 5.56 Å². The summed E-state index contributed by atoms with van der Waals surface area (Å²) in [7, 11) is 3.49. The molecule has 2 rings (SSSR count). The molecule has 82 valence electrons. The van der Waals surface area contributed by atoms with Crippen molar-refractivity contribution in [2.45, 2.75) is 0 Å². The first-order valence-corrected chi connectivity index (χ1v) is 5.34. The number of thiocarbonyl (C=S) groups is 1. The average molecular weight is 232 g/mol. The second-order valence-corrected chi connectivity index (χ2v) is 4.01. The normalized spacial score (nSPS) is 18.8. The summed E-state index contributed by atoms with van der Waals surface area (Å²) in [6.45, 7) is 0. The van der Waals surface area contributed by atoms with E-state index in [0.717, 1.165) is 5.56 Å². The SMILES string of the molecule is CN1C(=O)/C(=C\c2ccccc2)N(C)C1=S. The highest BCUT2D eigenvalue weighted by Gasteiger charge is 2.32. The monoisotopic (exact) mass is 232 g/mol. The third kappa shape index (κ3) is 1.72. The summed E-state index contributed by atoms with van der Waals surface area (Å²) in [6.07, 6.45) is 1.85. The zero-order valence-corrected chi connectivity index (χ0v) is 9.99. The highest BCUT2D eigenvalue weighted by molar-refractivity contribution is 7.80. The molecule has 1 heterocycles. The highest BCUT2D eigenvalue weighted by atomic mass is 32.1. The van der Waals surface area contributed by atoms with Crippen molar-refractivity contribution in [3.8, 4) is 0 Å². The van der Waals surface area contributed by atoms with E-state index in [1.54, 1.807) is 19.0 Å². The fraction of sp³-hybridized carbons (Fsp3) is 0.167. The Hall–Kier alpha value is -1.68. The van der Waals surface area contributed by atoms with Gasteiger partial charge in [-0.1, -0.05) is 30.3 Å². The minimum Gasteiger partial charge on any atom is -0.317 e. The first-order chi connectivity index (χ1) is 7.61. The van der Waals surface area contributed by atoms with Gasteiger partial charge in [-0.3, -0.25) is 9.69 Å². The molecule has 16 heavy (non-hydrogen) atoms. The van der Waals surface area contributed by atoms with Gasteiger partial charge < -0.3 is 4.90 Å². The first kappa shape index (κ1) is 10.8. The summed E-state index contributed by atoms with van der Waals surface area (Å²) in [5.74, 6) is -0.0589. The Morgan fingerprint density at radius 1 is 1.12 bits per heavy atom. The predicted octanol–water partition coefficient (Wildman–Crippen LogP) is 1.72. The Bertz CT molecular complexity index is 467. The Kier molecular flexibility index (Phi) is 2.75. The Morgan fingerprint density at radius 2 is 1.75 bits per heavy atom. The fourth-order valence-electron chi connectivity index (χ4n) is 1.60. The van der Waals surface area contributed by atoms with Crippen LogP contribution >= 0.6 is 12.2 Å². The summed E-state index contributed by atoms with van der Waals surface area (Å²) in [5, 5.41) is 0.534. The van der Waals surface area contributed by atoms with E-state index in [2.05, 4.69) is 0 Å². The molecular formula is C12H12N2OS. The average Bonchev–Trinajstić information content (AvgIpc) is 2.48. The molecule has 0 atom stereocenters. The number of carbonyl (C=O) groups excluding carboxylic acids is 1. The maximum Gasteiger partial charge on any atom is 0.276 e. The lowest BCUT2D eigenvalue weighted by Crippen LogP contribution is -2.26. The van der Waals surface area contributed by atoms with Gasteiger partial charge in [-0.2, -0.15) is 0 Å². The van der Waals surface area contributed by atoms with Gasteiger partial charge in [0.05, 0.1) is 0 Å². The molecule has 0 bridgehead atoms. The van der Waals surface area contributed by atoms with Crippen LogP contribution in [0.2, 0.25) is 0 Å². The van der Waals surface area contributed by atoms with Crippen LogP contribution in [0.3, 0.4) is 0 Å². The van der Waals surface area contributed by atoms with Crippen molar-refractivity contribution in [1.82, 2.24) is 9.80 Å². The number of hydrogen-bond donors (Lipinski definition) is 0. The molecule has 1 aromatic rings. The number of amides is 1. The van der Waals surface area contributed by atoms with Gasteiger partial charge in [0.25, 0.3) is 5.91 Å². The molecule has 1 amide bonds. The molecule has 1 saturated heterocycles. The zero-order chi connectivity index (χ0) is 11.7. The summed E-state index contributed by atoms with van der Waals surface area (Å²) in [4.78, 5) is 15.1. The molecule has 1 aliphatic rings. The largest absolute Gasteiger partial charge is 0.317 e. The third-order valence-electron chi connectivity index (χ3n) is 2.56. The lowest BCUT2D eigenvalue weighted by molar-refractivity contribution is -0.121. The molecule has 0 radical (unpaired) electrons. The van der Waals surface area contributed by atoms with Gasteiger partial charge in [0.1, 0.15) is 5.70 Å². The topological polar surface area (TPSA) is 23.6 Å². The van der Waals surface area contributed by atoms with Crippen molar-refractivity contribution in [2.24, 2.45) is 0 Å².